The first-order valence-electron chi connectivity index (χ1n) is 10.4. The van der Waals surface area contributed by atoms with Gasteiger partial charge in [-0.3, -0.25) is 20.2 Å². The van der Waals surface area contributed by atoms with E-state index in [1.807, 2.05) is 53.2 Å². The Balaban J connectivity index is 1.93. The quantitative estimate of drug-likeness (QED) is 0.151. The fourth-order valence-corrected chi connectivity index (χ4v) is 5.02. The minimum atomic E-state index is -0.444. The molecule has 0 spiro atoms. The number of nitro groups is 2. The summed E-state index contributed by atoms with van der Waals surface area (Å²) in [4.78, 5) is 23.0. The summed E-state index contributed by atoms with van der Waals surface area (Å²) in [7, 11) is 0. The molecule has 1 aromatic heterocycles. The van der Waals surface area contributed by atoms with Gasteiger partial charge in [-0.05, 0) is 54.1 Å². The molecule has 0 aliphatic rings. The molecule has 5 rings (SSSR count). The van der Waals surface area contributed by atoms with E-state index in [2.05, 4.69) is 31.9 Å². The van der Waals surface area contributed by atoms with E-state index in [0.717, 1.165) is 16.6 Å². The molecule has 0 atom stereocenters. The van der Waals surface area contributed by atoms with Crippen molar-refractivity contribution in [2.45, 2.75) is 0 Å². The lowest BCUT2D eigenvalue weighted by atomic mass is 9.90. The first-order chi connectivity index (χ1) is 16.8. The average molecular weight is 593 g/mol. The number of nitro benzene ring substituents is 2. The highest BCUT2D eigenvalue weighted by atomic mass is 79.9. The van der Waals surface area contributed by atoms with Crippen molar-refractivity contribution in [3.63, 3.8) is 0 Å². The standard InChI is InChI=1S/C26H15Br2N3O4/c27-16-6-9-24(30(32)33)21(14-16)19-8-11-23-20(12-13-29(23)18-4-2-1-3-5-18)26(19)22-15-17(28)7-10-25(22)31(34)35/h1-15H. The number of aromatic nitrogens is 1. The van der Waals surface area contributed by atoms with Gasteiger partial charge in [-0.1, -0.05) is 56.1 Å². The van der Waals surface area contributed by atoms with E-state index in [9.17, 15) is 20.2 Å². The van der Waals surface area contributed by atoms with Gasteiger partial charge in [-0.2, -0.15) is 0 Å². The molecule has 0 radical (unpaired) electrons. The molecule has 9 heteroatoms. The zero-order chi connectivity index (χ0) is 24.7. The number of nitrogens with zero attached hydrogens (tertiary/aromatic N) is 3. The first-order valence-corrected chi connectivity index (χ1v) is 12.0. The predicted molar refractivity (Wildman–Crippen MR) is 143 cm³/mol. The molecule has 7 nitrogen and oxygen atoms in total. The zero-order valence-electron chi connectivity index (χ0n) is 17.9. The van der Waals surface area contributed by atoms with Crippen molar-refractivity contribution in [1.82, 2.24) is 4.57 Å². The number of para-hydroxylation sites is 1. The molecule has 172 valence electrons. The van der Waals surface area contributed by atoms with Crippen LogP contribution in [0.25, 0.3) is 38.8 Å². The summed E-state index contributed by atoms with van der Waals surface area (Å²) >= 11 is 6.85. The predicted octanol–water partition coefficient (Wildman–Crippen LogP) is 8.31. The molecule has 0 unspecified atom stereocenters. The molecule has 0 fully saturated rings. The van der Waals surface area contributed by atoms with Gasteiger partial charge in [0.2, 0.25) is 0 Å². The van der Waals surface area contributed by atoms with Crippen LogP contribution in [0.3, 0.4) is 0 Å². The Kier molecular flexibility index (Phi) is 5.96. The average Bonchev–Trinajstić information content (AvgIpc) is 3.27. The normalized spacial score (nSPS) is 11.0. The largest absolute Gasteiger partial charge is 0.317 e. The van der Waals surface area contributed by atoms with Crippen molar-refractivity contribution < 1.29 is 9.85 Å². The van der Waals surface area contributed by atoms with E-state index in [-0.39, 0.29) is 11.4 Å². The van der Waals surface area contributed by atoms with Gasteiger partial charge in [-0.25, -0.2) is 0 Å². The fraction of sp³-hybridized carbons (Fsp3) is 0. The lowest BCUT2D eigenvalue weighted by Crippen LogP contribution is -1.98. The molecule has 4 aromatic carbocycles. The van der Waals surface area contributed by atoms with Crippen LogP contribution in [0.15, 0.2) is 100 Å². The molecular weight excluding hydrogens is 578 g/mol. The van der Waals surface area contributed by atoms with Crippen molar-refractivity contribution in [1.29, 1.82) is 0 Å². The van der Waals surface area contributed by atoms with Crippen LogP contribution in [-0.2, 0) is 0 Å². The molecule has 0 bridgehead atoms. The van der Waals surface area contributed by atoms with Crippen LogP contribution in [0.2, 0.25) is 0 Å². The number of hydrogen-bond acceptors (Lipinski definition) is 4. The Bertz CT molecular complexity index is 1630. The Morgan fingerprint density at radius 2 is 1.26 bits per heavy atom. The molecule has 0 saturated heterocycles. The van der Waals surface area contributed by atoms with Crippen molar-refractivity contribution in [3.8, 4) is 27.9 Å². The number of rotatable bonds is 5. The van der Waals surface area contributed by atoms with E-state index in [4.69, 9.17) is 0 Å². The van der Waals surface area contributed by atoms with Gasteiger partial charge < -0.3 is 4.57 Å². The van der Waals surface area contributed by atoms with Gasteiger partial charge in [0.25, 0.3) is 11.4 Å². The molecule has 0 amide bonds. The van der Waals surface area contributed by atoms with Crippen LogP contribution in [-0.4, -0.2) is 14.4 Å². The molecule has 0 saturated carbocycles. The summed E-state index contributed by atoms with van der Waals surface area (Å²) in [5, 5.41) is 24.7. The van der Waals surface area contributed by atoms with Gasteiger partial charge in [0, 0.05) is 43.9 Å². The second kappa shape index (κ2) is 9.09. The zero-order valence-corrected chi connectivity index (χ0v) is 21.1. The van der Waals surface area contributed by atoms with Gasteiger partial charge in [0.15, 0.2) is 0 Å². The fourth-order valence-electron chi connectivity index (χ4n) is 4.30. The van der Waals surface area contributed by atoms with Gasteiger partial charge >= 0.3 is 0 Å². The summed E-state index contributed by atoms with van der Waals surface area (Å²) in [6, 6.07) is 24.7. The molecule has 1 heterocycles. The van der Waals surface area contributed by atoms with Gasteiger partial charge in [0.1, 0.15) is 0 Å². The Labute approximate surface area is 216 Å². The molecule has 35 heavy (non-hydrogen) atoms. The third-order valence-corrected chi connectivity index (χ3v) is 6.76. The summed E-state index contributed by atoms with van der Waals surface area (Å²) in [5.74, 6) is 0. The van der Waals surface area contributed by atoms with Crippen LogP contribution >= 0.6 is 31.9 Å². The summed E-state index contributed by atoms with van der Waals surface area (Å²) < 4.78 is 3.31. The summed E-state index contributed by atoms with van der Waals surface area (Å²) in [6.07, 6.45) is 1.90. The van der Waals surface area contributed by atoms with Crippen molar-refractivity contribution in [2.24, 2.45) is 0 Å². The molecule has 0 N–H and O–H groups in total. The number of fused-ring (bicyclic) bond motifs is 1. The van der Waals surface area contributed by atoms with E-state index >= 15 is 0 Å². The smallest absolute Gasteiger partial charge is 0.277 e. The lowest BCUT2D eigenvalue weighted by molar-refractivity contribution is -0.384. The number of hydrogen-bond donors (Lipinski definition) is 0. The maximum absolute atomic E-state index is 12.0. The molecule has 5 aromatic rings. The lowest BCUT2D eigenvalue weighted by Gasteiger charge is -2.15. The van der Waals surface area contributed by atoms with Crippen LogP contribution < -0.4 is 0 Å². The molecular formula is C26H15Br2N3O4. The Morgan fingerprint density at radius 3 is 1.89 bits per heavy atom. The number of halogens is 2. The van der Waals surface area contributed by atoms with Crippen LogP contribution in [0.5, 0.6) is 0 Å². The molecule has 0 aliphatic heterocycles. The van der Waals surface area contributed by atoms with Crippen LogP contribution in [0, 0.1) is 20.2 Å². The van der Waals surface area contributed by atoms with Gasteiger partial charge in [-0.15, -0.1) is 0 Å². The second-order valence-corrected chi connectivity index (χ2v) is 9.61. The third-order valence-electron chi connectivity index (χ3n) is 5.78. The van der Waals surface area contributed by atoms with Crippen molar-refractivity contribution in [2.75, 3.05) is 0 Å². The maximum atomic E-state index is 12.0. The SMILES string of the molecule is O=[N+]([O-])c1ccc(Br)cc1-c1ccc2c(ccn2-c2ccccc2)c1-c1cc(Br)ccc1[N+](=O)[O-]. The Morgan fingerprint density at radius 1 is 0.657 bits per heavy atom. The third kappa shape index (κ3) is 4.13. The van der Waals surface area contributed by atoms with Crippen LogP contribution in [0.4, 0.5) is 11.4 Å². The maximum Gasteiger partial charge on any atom is 0.277 e. The second-order valence-electron chi connectivity index (χ2n) is 7.78. The highest BCUT2D eigenvalue weighted by Crippen LogP contribution is 2.46. The summed E-state index contributed by atoms with van der Waals surface area (Å²) in [5.41, 5.74) is 3.37. The van der Waals surface area contributed by atoms with E-state index in [0.29, 0.717) is 31.2 Å². The topological polar surface area (TPSA) is 91.2 Å². The summed E-state index contributed by atoms with van der Waals surface area (Å²) in [6.45, 7) is 0. The monoisotopic (exact) mass is 591 g/mol. The highest BCUT2D eigenvalue weighted by Gasteiger charge is 2.26. The minimum Gasteiger partial charge on any atom is -0.317 e. The van der Waals surface area contributed by atoms with E-state index in [1.165, 1.54) is 12.1 Å². The van der Waals surface area contributed by atoms with Crippen LogP contribution in [0.1, 0.15) is 0 Å². The highest BCUT2D eigenvalue weighted by molar-refractivity contribution is 9.10. The number of benzene rings is 4. The first kappa shape index (κ1) is 22.9. The van der Waals surface area contributed by atoms with Gasteiger partial charge in [0.05, 0.1) is 26.5 Å². The van der Waals surface area contributed by atoms with Crippen molar-refractivity contribution in [3.05, 3.63) is 120 Å². The van der Waals surface area contributed by atoms with Crippen molar-refractivity contribution >= 4 is 54.1 Å². The Hall–Kier alpha value is -3.82. The molecule has 0 aliphatic carbocycles. The van der Waals surface area contributed by atoms with E-state index in [1.54, 1.807) is 30.3 Å². The van der Waals surface area contributed by atoms with E-state index < -0.39 is 9.85 Å². The minimum absolute atomic E-state index is 0.0889.